The average molecular weight is 442 g/mol. The molecule has 3 aromatic carbocycles. The Kier molecular flexibility index (Phi) is 5.09. The SMILES string of the molecule is CCCCN1C(=O)c2ccc(C(=O)Nc3cc4oc5ccccc5c4cc3OC)cc2C1=O. The number of furan rings is 1. The molecule has 4 aromatic rings. The van der Waals surface area contributed by atoms with Gasteiger partial charge < -0.3 is 14.5 Å². The molecule has 1 N–H and O–H groups in total. The molecule has 166 valence electrons. The molecule has 33 heavy (non-hydrogen) atoms. The molecule has 0 radical (unpaired) electrons. The Morgan fingerprint density at radius 1 is 0.970 bits per heavy atom. The smallest absolute Gasteiger partial charge is 0.261 e. The fourth-order valence-corrected chi connectivity index (χ4v) is 4.16. The second-order valence-corrected chi connectivity index (χ2v) is 7.98. The summed E-state index contributed by atoms with van der Waals surface area (Å²) in [5, 5.41) is 4.68. The largest absolute Gasteiger partial charge is 0.495 e. The van der Waals surface area contributed by atoms with E-state index in [1.54, 1.807) is 12.1 Å². The first-order valence-corrected chi connectivity index (χ1v) is 10.8. The lowest BCUT2D eigenvalue weighted by Gasteiger charge is -2.12. The monoisotopic (exact) mass is 442 g/mol. The number of nitrogens with one attached hydrogen (secondary N) is 1. The zero-order chi connectivity index (χ0) is 23.1. The number of fused-ring (bicyclic) bond motifs is 4. The van der Waals surface area contributed by atoms with Crippen LogP contribution in [0.1, 0.15) is 50.8 Å². The van der Waals surface area contributed by atoms with Crippen LogP contribution in [0.15, 0.2) is 59.0 Å². The zero-order valence-electron chi connectivity index (χ0n) is 18.3. The Labute approximate surface area is 189 Å². The number of unbranched alkanes of at least 4 members (excludes halogenated alkanes) is 1. The second-order valence-electron chi connectivity index (χ2n) is 7.98. The number of carbonyl (C=O) groups excluding carboxylic acids is 3. The van der Waals surface area contributed by atoms with Gasteiger partial charge in [-0.15, -0.1) is 0 Å². The summed E-state index contributed by atoms with van der Waals surface area (Å²) in [7, 11) is 1.53. The summed E-state index contributed by atoms with van der Waals surface area (Å²) < 4.78 is 11.4. The van der Waals surface area contributed by atoms with Crippen LogP contribution in [0.4, 0.5) is 5.69 Å². The van der Waals surface area contributed by atoms with Gasteiger partial charge in [-0.1, -0.05) is 31.5 Å². The Balaban J connectivity index is 1.46. The van der Waals surface area contributed by atoms with E-state index in [4.69, 9.17) is 9.15 Å². The highest BCUT2D eigenvalue weighted by Gasteiger charge is 2.35. The summed E-state index contributed by atoms with van der Waals surface area (Å²) in [6, 6.07) is 15.8. The zero-order valence-corrected chi connectivity index (χ0v) is 18.3. The fourth-order valence-electron chi connectivity index (χ4n) is 4.16. The third-order valence-corrected chi connectivity index (χ3v) is 5.92. The molecule has 0 unspecified atom stereocenters. The van der Waals surface area contributed by atoms with E-state index in [1.165, 1.54) is 24.1 Å². The van der Waals surface area contributed by atoms with E-state index in [0.717, 1.165) is 29.2 Å². The summed E-state index contributed by atoms with van der Waals surface area (Å²) in [5.41, 5.74) is 2.67. The Bertz CT molecular complexity index is 1440. The third kappa shape index (κ3) is 3.42. The molecule has 0 aliphatic carbocycles. The second kappa shape index (κ2) is 8.09. The van der Waals surface area contributed by atoms with E-state index in [9.17, 15) is 14.4 Å². The number of nitrogens with zero attached hydrogens (tertiary/aromatic N) is 1. The van der Waals surface area contributed by atoms with Crippen molar-refractivity contribution in [2.75, 3.05) is 19.0 Å². The van der Waals surface area contributed by atoms with Gasteiger partial charge in [0.1, 0.15) is 16.9 Å². The standard InChI is InChI=1S/C26H22N2O5/c1-3-4-11-28-25(30)17-10-9-15(12-19(17)26(28)31)24(29)27-20-14-22-18(13-23(20)32-2)16-7-5-6-8-21(16)33-22/h5-10,12-14H,3-4,11H2,1-2H3,(H,27,29). The number of ether oxygens (including phenoxy) is 1. The number of hydrogen-bond donors (Lipinski definition) is 1. The van der Waals surface area contributed by atoms with Crippen molar-refractivity contribution in [3.05, 3.63) is 71.3 Å². The van der Waals surface area contributed by atoms with Crippen LogP contribution in [-0.2, 0) is 0 Å². The number of hydrogen-bond acceptors (Lipinski definition) is 5. The predicted molar refractivity (Wildman–Crippen MR) is 125 cm³/mol. The minimum Gasteiger partial charge on any atom is -0.495 e. The van der Waals surface area contributed by atoms with Gasteiger partial charge in [0.2, 0.25) is 0 Å². The van der Waals surface area contributed by atoms with Gasteiger partial charge in [0.15, 0.2) is 0 Å². The molecule has 0 spiro atoms. The maximum absolute atomic E-state index is 13.0. The van der Waals surface area contributed by atoms with Crippen molar-refractivity contribution in [3.8, 4) is 5.75 Å². The van der Waals surface area contributed by atoms with E-state index >= 15 is 0 Å². The summed E-state index contributed by atoms with van der Waals surface area (Å²) >= 11 is 0. The summed E-state index contributed by atoms with van der Waals surface area (Å²) in [6.07, 6.45) is 1.61. The van der Waals surface area contributed by atoms with Crippen LogP contribution in [0, 0.1) is 0 Å². The normalized spacial score (nSPS) is 13.1. The molecule has 0 saturated carbocycles. The molecule has 2 heterocycles. The Hall–Kier alpha value is -4.13. The highest BCUT2D eigenvalue weighted by molar-refractivity contribution is 6.22. The van der Waals surface area contributed by atoms with E-state index < -0.39 is 5.91 Å². The van der Waals surface area contributed by atoms with Crippen LogP contribution in [0.25, 0.3) is 21.9 Å². The van der Waals surface area contributed by atoms with Gasteiger partial charge in [-0.25, -0.2) is 0 Å². The summed E-state index contributed by atoms with van der Waals surface area (Å²) in [4.78, 5) is 39.5. The van der Waals surface area contributed by atoms with Crippen LogP contribution in [0.2, 0.25) is 0 Å². The van der Waals surface area contributed by atoms with Gasteiger partial charge in [0.05, 0.1) is 23.9 Å². The Morgan fingerprint density at radius 3 is 2.55 bits per heavy atom. The third-order valence-electron chi connectivity index (χ3n) is 5.92. The number of para-hydroxylation sites is 1. The van der Waals surface area contributed by atoms with Crippen LogP contribution in [0.5, 0.6) is 5.75 Å². The molecule has 3 amide bonds. The molecule has 0 saturated heterocycles. The van der Waals surface area contributed by atoms with Crippen molar-refractivity contribution in [2.24, 2.45) is 0 Å². The molecular formula is C26H22N2O5. The van der Waals surface area contributed by atoms with Gasteiger partial charge in [0.25, 0.3) is 17.7 Å². The average Bonchev–Trinajstić information content (AvgIpc) is 3.31. The quantitative estimate of drug-likeness (QED) is 0.412. The predicted octanol–water partition coefficient (Wildman–Crippen LogP) is 5.24. The molecule has 1 aliphatic rings. The van der Waals surface area contributed by atoms with Crippen molar-refractivity contribution >= 4 is 45.3 Å². The van der Waals surface area contributed by atoms with E-state index in [1.807, 2.05) is 37.3 Å². The lowest BCUT2D eigenvalue weighted by atomic mass is 10.0. The molecule has 0 fully saturated rings. The molecule has 5 rings (SSSR count). The maximum Gasteiger partial charge on any atom is 0.261 e. The van der Waals surface area contributed by atoms with Crippen molar-refractivity contribution in [1.29, 1.82) is 0 Å². The van der Waals surface area contributed by atoms with E-state index in [0.29, 0.717) is 29.1 Å². The van der Waals surface area contributed by atoms with Crippen LogP contribution in [0.3, 0.4) is 0 Å². The minimum absolute atomic E-state index is 0.253. The van der Waals surface area contributed by atoms with Gasteiger partial charge in [0, 0.05) is 28.9 Å². The highest BCUT2D eigenvalue weighted by Crippen LogP contribution is 2.36. The van der Waals surface area contributed by atoms with Crippen molar-refractivity contribution < 1.29 is 23.5 Å². The fraction of sp³-hybridized carbons (Fsp3) is 0.192. The van der Waals surface area contributed by atoms with E-state index in [2.05, 4.69) is 5.32 Å². The number of rotatable bonds is 6. The highest BCUT2D eigenvalue weighted by atomic mass is 16.5. The molecule has 7 heteroatoms. The van der Waals surface area contributed by atoms with Gasteiger partial charge in [-0.05, 0) is 36.8 Å². The number of anilines is 1. The van der Waals surface area contributed by atoms with E-state index in [-0.39, 0.29) is 22.9 Å². The van der Waals surface area contributed by atoms with Crippen molar-refractivity contribution in [3.63, 3.8) is 0 Å². The molecule has 1 aliphatic heterocycles. The van der Waals surface area contributed by atoms with Gasteiger partial charge in [-0.3, -0.25) is 19.3 Å². The first kappa shape index (κ1) is 20.8. The molecular weight excluding hydrogens is 420 g/mol. The number of benzene rings is 3. The first-order valence-electron chi connectivity index (χ1n) is 10.8. The molecule has 0 bridgehead atoms. The summed E-state index contributed by atoms with van der Waals surface area (Å²) in [5.74, 6) is -0.605. The lowest BCUT2D eigenvalue weighted by molar-refractivity contribution is 0.0652. The molecule has 0 atom stereocenters. The minimum atomic E-state index is -0.418. The van der Waals surface area contributed by atoms with Gasteiger partial charge in [-0.2, -0.15) is 0 Å². The summed E-state index contributed by atoms with van der Waals surface area (Å²) in [6.45, 7) is 2.37. The number of methoxy groups -OCH3 is 1. The van der Waals surface area contributed by atoms with Crippen molar-refractivity contribution in [1.82, 2.24) is 4.90 Å². The first-order chi connectivity index (χ1) is 16.0. The Morgan fingerprint density at radius 2 is 1.76 bits per heavy atom. The topological polar surface area (TPSA) is 88.8 Å². The molecule has 1 aromatic heterocycles. The number of amides is 3. The molecule has 7 nitrogen and oxygen atoms in total. The van der Waals surface area contributed by atoms with Gasteiger partial charge >= 0.3 is 0 Å². The maximum atomic E-state index is 13.0. The number of carbonyl (C=O) groups is 3. The van der Waals surface area contributed by atoms with Crippen LogP contribution < -0.4 is 10.1 Å². The van der Waals surface area contributed by atoms with Crippen LogP contribution in [-0.4, -0.2) is 36.3 Å². The lowest BCUT2D eigenvalue weighted by Crippen LogP contribution is -2.30. The van der Waals surface area contributed by atoms with Crippen molar-refractivity contribution in [2.45, 2.75) is 19.8 Å². The van der Waals surface area contributed by atoms with Crippen LogP contribution >= 0.6 is 0 Å². The number of imide groups is 1.